The van der Waals surface area contributed by atoms with E-state index in [0.29, 0.717) is 22.9 Å². The monoisotopic (exact) mass is 331 g/mol. The maximum atomic E-state index is 13.7. The van der Waals surface area contributed by atoms with Crippen LogP contribution >= 0.6 is 0 Å². The fourth-order valence-corrected chi connectivity index (χ4v) is 3.13. The van der Waals surface area contributed by atoms with Gasteiger partial charge in [0.15, 0.2) is 17.5 Å². The summed E-state index contributed by atoms with van der Waals surface area (Å²) in [7, 11) is 1.57. The molecule has 0 aromatic heterocycles. The molecule has 124 valence electrons. The minimum Gasteiger partial charge on any atom is -0.497 e. The fraction of sp³-hybridized carbons (Fsp3) is 0.263. The number of hydrogen-bond acceptors (Lipinski definition) is 2. The van der Waals surface area contributed by atoms with E-state index < -0.39 is 17.5 Å². The Hall–Kier alpha value is -2.43. The van der Waals surface area contributed by atoms with Crippen LogP contribution in [0.3, 0.4) is 0 Å². The molecule has 1 aliphatic heterocycles. The SMILES string of the molecule is COc1ccc2c(c1)C(c1cc(F)c(F)c(F)c1)=CN(C1CC1)C2. The van der Waals surface area contributed by atoms with Gasteiger partial charge < -0.3 is 9.64 Å². The largest absolute Gasteiger partial charge is 0.497 e. The number of nitrogens with zero attached hydrogens (tertiary/aromatic N) is 1. The lowest BCUT2D eigenvalue weighted by molar-refractivity contribution is 0.354. The molecule has 0 saturated heterocycles. The molecule has 0 N–H and O–H groups in total. The minimum absolute atomic E-state index is 0.325. The Balaban J connectivity index is 1.87. The van der Waals surface area contributed by atoms with Crippen LogP contribution in [-0.2, 0) is 6.54 Å². The van der Waals surface area contributed by atoms with Crippen LogP contribution in [0.4, 0.5) is 13.2 Å². The van der Waals surface area contributed by atoms with Crippen molar-refractivity contribution < 1.29 is 17.9 Å². The molecule has 2 aromatic rings. The highest BCUT2D eigenvalue weighted by Gasteiger charge is 2.31. The molecule has 24 heavy (non-hydrogen) atoms. The van der Waals surface area contributed by atoms with Crippen LogP contribution in [-0.4, -0.2) is 18.1 Å². The summed E-state index contributed by atoms with van der Waals surface area (Å²) in [4.78, 5) is 2.18. The lowest BCUT2D eigenvalue weighted by atomic mass is 9.91. The van der Waals surface area contributed by atoms with E-state index in [9.17, 15) is 13.2 Å². The third kappa shape index (κ3) is 2.54. The third-order valence-electron chi connectivity index (χ3n) is 4.57. The molecule has 5 heteroatoms. The molecule has 2 aromatic carbocycles. The summed E-state index contributed by atoms with van der Waals surface area (Å²) in [6, 6.07) is 8.24. The number of rotatable bonds is 3. The van der Waals surface area contributed by atoms with Crippen molar-refractivity contribution in [3.8, 4) is 5.75 Å². The zero-order valence-electron chi connectivity index (χ0n) is 13.2. The van der Waals surface area contributed by atoms with E-state index in [2.05, 4.69) is 4.90 Å². The molecular weight excluding hydrogens is 315 g/mol. The van der Waals surface area contributed by atoms with Crippen LogP contribution in [0.15, 0.2) is 36.5 Å². The van der Waals surface area contributed by atoms with E-state index in [1.807, 2.05) is 24.4 Å². The van der Waals surface area contributed by atoms with E-state index in [4.69, 9.17) is 4.74 Å². The van der Waals surface area contributed by atoms with Crippen LogP contribution in [0.5, 0.6) is 5.75 Å². The Morgan fingerprint density at radius 1 is 1.04 bits per heavy atom. The van der Waals surface area contributed by atoms with Crippen molar-refractivity contribution in [3.05, 3.63) is 70.7 Å². The van der Waals surface area contributed by atoms with Crippen LogP contribution in [0, 0.1) is 17.5 Å². The van der Waals surface area contributed by atoms with Crippen molar-refractivity contribution in [2.75, 3.05) is 7.11 Å². The van der Waals surface area contributed by atoms with E-state index in [1.54, 1.807) is 7.11 Å². The van der Waals surface area contributed by atoms with Crippen LogP contribution < -0.4 is 4.74 Å². The smallest absolute Gasteiger partial charge is 0.194 e. The number of fused-ring (bicyclic) bond motifs is 1. The van der Waals surface area contributed by atoms with E-state index in [1.165, 1.54) is 0 Å². The number of halogens is 3. The van der Waals surface area contributed by atoms with Gasteiger partial charge in [0.2, 0.25) is 0 Å². The molecule has 0 radical (unpaired) electrons. The Morgan fingerprint density at radius 3 is 2.38 bits per heavy atom. The lowest BCUT2D eigenvalue weighted by Gasteiger charge is -2.29. The summed E-state index contributed by atoms with van der Waals surface area (Å²) in [5.41, 5.74) is 2.92. The number of hydrogen-bond donors (Lipinski definition) is 0. The highest BCUT2D eigenvalue weighted by molar-refractivity contribution is 5.83. The first kappa shape index (κ1) is 15.1. The summed E-state index contributed by atoms with van der Waals surface area (Å²) >= 11 is 0. The van der Waals surface area contributed by atoms with Gasteiger partial charge in [0.25, 0.3) is 0 Å². The highest BCUT2D eigenvalue weighted by Crippen LogP contribution is 2.39. The summed E-state index contributed by atoms with van der Waals surface area (Å²) in [6.45, 7) is 0.750. The van der Waals surface area contributed by atoms with Crippen LogP contribution in [0.2, 0.25) is 0 Å². The average molecular weight is 331 g/mol. The standard InChI is InChI=1S/C19H16F3NO/c1-24-14-5-2-11-9-23(13-3-4-13)10-16(15(11)8-14)12-6-17(20)19(22)18(21)7-12/h2,5-8,10,13H,3-4,9H2,1H3. The van der Waals surface area contributed by atoms with E-state index >= 15 is 0 Å². The second-order valence-corrected chi connectivity index (χ2v) is 6.22. The third-order valence-corrected chi connectivity index (χ3v) is 4.57. The molecule has 0 unspecified atom stereocenters. The van der Waals surface area contributed by atoms with Gasteiger partial charge in [-0.05, 0) is 53.8 Å². The zero-order valence-corrected chi connectivity index (χ0v) is 13.2. The number of benzene rings is 2. The summed E-state index contributed by atoms with van der Waals surface area (Å²) in [6.07, 6.45) is 4.15. The van der Waals surface area contributed by atoms with E-state index in [0.717, 1.165) is 42.6 Å². The van der Waals surface area contributed by atoms with Crippen molar-refractivity contribution in [3.63, 3.8) is 0 Å². The summed E-state index contributed by atoms with van der Waals surface area (Å²) < 4.78 is 46.0. The molecule has 2 aliphatic rings. The molecule has 1 fully saturated rings. The second kappa shape index (κ2) is 5.58. The van der Waals surface area contributed by atoms with E-state index in [-0.39, 0.29) is 0 Å². The Kier molecular flexibility index (Phi) is 3.52. The number of methoxy groups -OCH3 is 1. The van der Waals surface area contributed by atoms with Crippen LogP contribution in [0.25, 0.3) is 5.57 Å². The van der Waals surface area contributed by atoms with Gasteiger partial charge in [0.1, 0.15) is 5.75 Å². The van der Waals surface area contributed by atoms with Gasteiger partial charge in [-0.25, -0.2) is 13.2 Å². The first-order valence-corrected chi connectivity index (χ1v) is 7.86. The Labute approximate surface area is 138 Å². The minimum atomic E-state index is -1.44. The zero-order chi connectivity index (χ0) is 16.8. The molecule has 2 nitrogen and oxygen atoms in total. The molecule has 1 aliphatic carbocycles. The van der Waals surface area contributed by atoms with Crippen molar-refractivity contribution >= 4 is 5.57 Å². The predicted molar refractivity (Wildman–Crippen MR) is 85.0 cm³/mol. The molecule has 0 spiro atoms. The predicted octanol–water partition coefficient (Wildman–Crippen LogP) is 4.48. The van der Waals surface area contributed by atoms with Gasteiger partial charge in [0.05, 0.1) is 7.11 Å². The molecule has 0 bridgehead atoms. The molecule has 4 rings (SSSR count). The topological polar surface area (TPSA) is 12.5 Å². The highest BCUT2D eigenvalue weighted by atomic mass is 19.2. The van der Waals surface area contributed by atoms with Crippen LogP contribution in [0.1, 0.15) is 29.5 Å². The Morgan fingerprint density at radius 2 is 1.75 bits per heavy atom. The van der Waals surface area contributed by atoms with Gasteiger partial charge >= 0.3 is 0 Å². The first-order valence-electron chi connectivity index (χ1n) is 7.86. The lowest BCUT2D eigenvalue weighted by Crippen LogP contribution is -2.24. The second-order valence-electron chi connectivity index (χ2n) is 6.22. The normalized spacial score (nSPS) is 16.7. The van der Waals surface area contributed by atoms with Crippen molar-refractivity contribution in [2.45, 2.75) is 25.4 Å². The first-order chi connectivity index (χ1) is 11.6. The maximum absolute atomic E-state index is 13.7. The fourth-order valence-electron chi connectivity index (χ4n) is 3.13. The van der Waals surface area contributed by atoms with Gasteiger partial charge in [-0.1, -0.05) is 6.07 Å². The molecule has 0 atom stereocenters. The molecule has 1 saturated carbocycles. The Bertz CT molecular complexity index is 819. The average Bonchev–Trinajstić information content (AvgIpc) is 3.42. The van der Waals surface area contributed by atoms with Gasteiger partial charge in [0, 0.05) is 24.4 Å². The maximum Gasteiger partial charge on any atom is 0.194 e. The van der Waals surface area contributed by atoms with Gasteiger partial charge in [-0.15, -0.1) is 0 Å². The van der Waals surface area contributed by atoms with Crippen molar-refractivity contribution in [1.29, 1.82) is 0 Å². The molecular formula is C19H16F3NO. The van der Waals surface area contributed by atoms with Crippen molar-refractivity contribution in [1.82, 2.24) is 4.90 Å². The summed E-state index contributed by atoms with van der Waals surface area (Å²) in [5.74, 6) is -3.14. The quantitative estimate of drug-likeness (QED) is 0.769. The summed E-state index contributed by atoms with van der Waals surface area (Å²) in [5, 5.41) is 0. The number of ether oxygens (including phenoxy) is 1. The van der Waals surface area contributed by atoms with Crippen molar-refractivity contribution in [2.24, 2.45) is 0 Å². The molecule has 0 amide bonds. The molecule has 1 heterocycles. The van der Waals surface area contributed by atoms with Gasteiger partial charge in [-0.2, -0.15) is 0 Å². The van der Waals surface area contributed by atoms with Gasteiger partial charge in [-0.3, -0.25) is 0 Å².